The second-order valence-electron chi connectivity index (χ2n) is 7.04. The number of methoxy groups -OCH3 is 2. The number of benzene rings is 2. The molecule has 0 aliphatic carbocycles. The van der Waals surface area contributed by atoms with Gasteiger partial charge < -0.3 is 14.8 Å². The lowest BCUT2D eigenvalue weighted by molar-refractivity contribution is -0.115. The SMILES string of the molecule is COc1ccc(OC)c(-c2cn3c(CC(=O)Nc4cccc(C)c4C)csc3n2)c1. The maximum Gasteiger partial charge on any atom is 0.230 e. The lowest BCUT2D eigenvalue weighted by Gasteiger charge is -2.10. The predicted molar refractivity (Wildman–Crippen MR) is 120 cm³/mol. The minimum Gasteiger partial charge on any atom is -0.497 e. The molecule has 0 unspecified atom stereocenters. The summed E-state index contributed by atoms with van der Waals surface area (Å²) < 4.78 is 12.8. The molecule has 1 amide bonds. The van der Waals surface area contributed by atoms with E-state index in [4.69, 9.17) is 14.5 Å². The van der Waals surface area contributed by atoms with Gasteiger partial charge in [-0.15, -0.1) is 11.3 Å². The van der Waals surface area contributed by atoms with Gasteiger partial charge in [-0.05, 0) is 49.2 Å². The van der Waals surface area contributed by atoms with Crippen LogP contribution in [0.4, 0.5) is 5.69 Å². The molecule has 2 heterocycles. The molecule has 4 rings (SSSR count). The van der Waals surface area contributed by atoms with Gasteiger partial charge in [0, 0.05) is 28.5 Å². The Hall–Kier alpha value is -3.32. The van der Waals surface area contributed by atoms with Crippen LogP contribution in [0.25, 0.3) is 16.2 Å². The Kier molecular flexibility index (Phi) is 5.46. The van der Waals surface area contributed by atoms with Gasteiger partial charge in [-0.2, -0.15) is 0 Å². The Morgan fingerprint density at radius 2 is 2.00 bits per heavy atom. The van der Waals surface area contributed by atoms with E-state index >= 15 is 0 Å². The van der Waals surface area contributed by atoms with E-state index in [0.717, 1.165) is 50.2 Å². The fraction of sp³-hybridized carbons (Fsp3) is 0.217. The molecule has 1 N–H and O–H groups in total. The molecule has 0 spiro atoms. The van der Waals surface area contributed by atoms with Crippen LogP contribution in [0.5, 0.6) is 11.5 Å². The lowest BCUT2D eigenvalue weighted by atomic mass is 10.1. The standard InChI is InChI=1S/C23H23N3O3S/c1-14-6-5-7-19(15(14)2)24-22(27)10-16-13-30-23-25-20(12-26(16)23)18-11-17(28-3)8-9-21(18)29-4/h5-9,11-13H,10H2,1-4H3,(H,24,27). The highest BCUT2D eigenvalue weighted by Crippen LogP contribution is 2.34. The largest absolute Gasteiger partial charge is 0.497 e. The predicted octanol–water partition coefficient (Wildman–Crippen LogP) is 4.88. The summed E-state index contributed by atoms with van der Waals surface area (Å²) in [5.74, 6) is 1.39. The summed E-state index contributed by atoms with van der Waals surface area (Å²) in [7, 11) is 3.26. The van der Waals surface area contributed by atoms with Gasteiger partial charge in [0.15, 0.2) is 4.96 Å². The van der Waals surface area contributed by atoms with Gasteiger partial charge in [-0.3, -0.25) is 9.20 Å². The zero-order chi connectivity index (χ0) is 21.3. The lowest BCUT2D eigenvalue weighted by Crippen LogP contribution is -2.16. The average Bonchev–Trinajstić information content (AvgIpc) is 3.33. The van der Waals surface area contributed by atoms with Gasteiger partial charge in [0.1, 0.15) is 11.5 Å². The van der Waals surface area contributed by atoms with E-state index < -0.39 is 0 Å². The first-order chi connectivity index (χ1) is 14.5. The summed E-state index contributed by atoms with van der Waals surface area (Å²) in [5.41, 5.74) is 5.58. The van der Waals surface area contributed by atoms with Crippen molar-refractivity contribution in [3.63, 3.8) is 0 Å². The quantitative estimate of drug-likeness (QED) is 0.482. The minimum atomic E-state index is -0.0578. The van der Waals surface area contributed by atoms with Crippen molar-refractivity contribution in [2.45, 2.75) is 20.3 Å². The number of aromatic nitrogens is 2. The monoisotopic (exact) mass is 421 g/mol. The van der Waals surface area contributed by atoms with Gasteiger partial charge >= 0.3 is 0 Å². The maximum absolute atomic E-state index is 12.7. The van der Waals surface area contributed by atoms with Crippen LogP contribution in [-0.2, 0) is 11.2 Å². The third-order valence-electron chi connectivity index (χ3n) is 5.19. The molecule has 2 aromatic carbocycles. The smallest absolute Gasteiger partial charge is 0.230 e. The van der Waals surface area contributed by atoms with Crippen molar-refractivity contribution in [2.75, 3.05) is 19.5 Å². The van der Waals surface area contributed by atoms with Crippen molar-refractivity contribution in [3.05, 3.63) is 64.8 Å². The number of nitrogens with zero attached hydrogens (tertiary/aromatic N) is 2. The number of amides is 1. The number of rotatable bonds is 6. The summed E-state index contributed by atoms with van der Waals surface area (Å²) in [6.07, 6.45) is 2.20. The Morgan fingerprint density at radius 3 is 2.77 bits per heavy atom. The average molecular weight is 422 g/mol. The Labute approximate surface area is 179 Å². The molecule has 2 aromatic heterocycles. The zero-order valence-corrected chi connectivity index (χ0v) is 18.2. The molecule has 0 aliphatic rings. The summed E-state index contributed by atoms with van der Waals surface area (Å²) in [4.78, 5) is 18.2. The minimum absolute atomic E-state index is 0.0578. The van der Waals surface area contributed by atoms with Gasteiger partial charge in [-0.1, -0.05) is 12.1 Å². The summed E-state index contributed by atoms with van der Waals surface area (Å²) in [6, 6.07) is 11.5. The van der Waals surface area contributed by atoms with E-state index in [1.54, 1.807) is 14.2 Å². The zero-order valence-electron chi connectivity index (χ0n) is 17.4. The van der Waals surface area contributed by atoms with Crippen LogP contribution < -0.4 is 14.8 Å². The van der Waals surface area contributed by atoms with Gasteiger partial charge in [-0.25, -0.2) is 4.98 Å². The first-order valence-corrected chi connectivity index (χ1v) is 10.4. The van der Waals surface area contributed by atoms with Crippen molar-refractivity contribution in [1.29, 1.82) is 0 Å². The van der Waals surface area contributed by atoms with Crippen molar-refractivity contribution in [2.24, 2.45) is 0 Å². The van der Waals surface area contributed by atoms with Gasteiger partial charge in [0.05, 0.1) is 26.3 Å². The highest BCUT2D eigenvalue weighted by Gasteiger charge is 2.16. The molecule has 0 radical (unpaired) electrons. The molecule has 4 aromatic rings. The van der Waals surface area contributed by atoms with Gasteiger partial charge in [0.2, 0.25) is 5.91 Å². The van der Waals surface area contributed by atoms with Crippen LogP contribution in [-0.4, -0.2) is 29.5 Å². The van der Waals surface area contributed by atoms with Crippen molar-refractivity contribution in [3.8, 4) is 22.8 Å². The summed E-state index contributed by atoms with van der Waals surface area (Å²) >= 11 is 1.51. The maximum atomic E-state index is 12.7. The number of carbonyl (C=O) groups is 1. The molecule has 154 valence electrons. The molecule has 7 heteroatoms. The first-order valence-electron chi connectivity index (χ1n) is 9.54. The van der Waals surface area contributed by atoms with Crippen LogP contribution in [0, 0.1) is 13.8 Å². The fourth-order valence-electron chi connectivity index (χ4n) is 3.35. The molecule has 6 nitrogen and oxygen atoms in total. The van der Waals surface area contributed by atoms with Crippen molar-refractivity contribution < 1.29 is 14.3 Å². The van der Waals surface area contributed by atoms with Crippen LogP contribution >= 0.6 is 11.3 Å². The van der Waals surface area contributed by atoms with E-state index in [0.29, 0.717) is 0 Å². The van der Waals surface area contributed by atoms with Crippen LogP contribution in [0.3, 0.4) is 0 Å². The Bertz CT molecular complexity index is 1230. The number of hydrogen-bond donors (Lipinski definition) is 1. The van der Waals surface area contributed by atoms with Crippen molar-refractivity contribution in [1.82, 2.24) is 9.38 Å². The summed E-state index contributed by atoms with van der Waals surface area (Å²) in [6.45, 7) is 4.05. The topological polar surface area (TPSA) is 64.9 Å². The van der Waals surface area contributed by atoms with E-state index in [-0.39, 0.29) is 12.3 Å². The first kappa shape index (κ1) is 20.0. The highest BCUT2D eigenvalue weighted by molar-refractivity contribution is 7.15. The van der Waals surface area contributed by atoms with Crippen LogP contribution in [0.15, 0.2) is 48.0 Å². The normalized spacial score (nSPS) is 10.9. The molecule has 0 aliphatic heterocycles. The van der Waals surface area contributed by atoms with Crippen LogP contribution in [0.2, 0.25) is 0 Å². The number of aryl methyl sites for hydroxylation is 1. The Balaban J connectivity index is 1.61. The number of anilines is 1. The molecule has 0 atom stereocenters. The van der Waals surface area contributed by atoms with Crippen molar-refractivity contribution >= 4 is 27.9 Å². The fourth-order valence-corrected chi connectivity index (χ4v) is 4.22. The number of fused-ring (bicyclic) bond motifs is 1. The molecule has 0 saturated carbocycles. The number of nitrogens with one attached hydrogen (secondary N) is 1. The molecular formula is C23H23N3O3S. The second kappa shape index (κ2) is 8.20. The van der Waals surface area contributed by atoms with E-state index in [1.807, 2.05) is 66.2 Å². The number of hydrogen-bond acceptors (Lipinski definition) is 5. The molecular weight excluding hydrogens is 398 g/mol. The number of thiazole rings is 1. The van der Waals surface area contributed by atoms with E-state index in [1.165, 1.54) is 11.3 Å². The molecule has 0 bridgehead atoms. The van der Waals surface area contributed by atoms with Crippen LogP contribution in [0.1, 0.15) is 16.8 Å². The Morgan fingerprint density at radius 1 is 1.17 bits per heavy atom. The third-order valence-corrected chi connectivity index (χ3v) is 6.08. The number of imidazole rings is 1. The molecule has 0 fully saturated rings. The highest BCUT2D eigenvalue weighted by atomic mass is 32.1. The summed E-state index contributed by atoms with van der Waals surface area (Å²) in [5, 5.41) is 4.99. The third kappa shape index (κ3) is 3.76. The molecule has 30 heavy (non-hydrogen) atoms. The number of ether oxygens (including phenoxy) is 2. The second-order valence-corrected chi connectivity index (χ2v) is 7.88. The number of carbonyl (C=O) groups excluding carboxylic acids is 1. The van der Waals surface area contributed by atoms with E-state index in [9.17, 15) is 4.79 Å². The van der Waals surface area contributed by atoms with E-state index in [2.05, 4.69) is 5.32 Å². The molecule has 0 saturated heterocycles. The van der Waals surface area contributed by atoms with Gasteiger partial charge in [0.25, 0.3) is 0 Å².